The van der Waals surface area contributed by atoms with Gasteiger partial charge in [-0.2, -0.15) is 0 Å². The highest BCUT2D eigenvalue weighted by atomic mass is 16.2. The second-order valence-corrected chi connectivity index (χ2v) is 4.13. The van der Waals surface area contributed by atoms with Gasteiger partial charge >= 0.3 is 0 Å². The third-order valence-corrected chi connectivity index (χ3v) is 2.80. The van der Waals surface area contributed by atoms with Crippen molar-refractivity contribution < 1.29 is 9.59 Å². The molecule has 1 atom stereocenters. The molecular weight excluding hydrogens is 230 g/mol. The van der Waals surface area contributed by atoms with Crippen molar-refractivity contribution in [3.8, 4) is 0 Å². The number of carbonyl (C=O) groups excluding carboxylic acids is 2. The molecule has 1 rings (SSSR count). The molecule has 0 spiro atoms. The summed E-state index contributed by atoms with van der Waals surface area (Å²) in [5.41, 5.74) is 2.44. The molecule has 5 nitrogen and oxygen atoms in total. The monoisotopic (exact) mass is 249 g/mol. The summed E-state index contributed by atoms with van der Waals surface area (Å²) >= 11 is 0. The van der Waals surface area contributed by atoms with E-state index in [2.05, 4.69) is 22.2 Å². The molecule has 0 radical (unpaired) electrons. The Morgan fingerprint density at radius 1 is 1.56 bits per heavy atom. The van der Waals surface area contributed by atoms with E-state index in [9.17, 15) is 9.59 Å². The summed E-state index contributed by atoms with van der Waals surface area (Å²) in [6, 6.07) is 0. The number of amides is 2. The molecule has 1 unspecified atom stereocenters. The predicted molar refractivity (Wildman–Crippen MR) is 71.0 cm³/mol. The third kappa shape index (κ3) is 3.29. The van der Waals surface area contributed by atoms with E-state index in [1.165, 1.54) is 0 Å². The predicted octanol–water partition coefficient (Wildman–Crippen LogP) is 1.28. The Morgan fingerprint density at radius 3 is 2.78 bits per heavy atom. The van der Waals surface area contributed by atoms with Crippen molar-refractivity contribution >= 4 is 17.5 Å². The fourth-order valence-electron chi connectivity index (χ4n) is 1.57. The molecule has 18 heavy (non-hydrogen) atoms. The number of rotatable bonds is 4. The van der Waals surface area contributed by atoms with Crippen LogP contribution in [0.15, 0.2) is 28.9 Å². The number of nitrogens with zero attached hydrogens (tertiary/aromatic N) is 1. The van der Waals surface area contributed by atoms with Crippen LogP contribution < -0.4 is 10.6 Å². The molecular formula is C13H19N3O2. The van der Waals surface area contributed by atoms with Crippen LogP contribution in [0.1, 0.15) is 33.6 Å². The summed E-state index contributed by atoms with van der Waals surface area (Å²) < 4.78 is 0. The van der Waals surface area contributed by atoms with Crippen LogP contribution in [-0.4, -0.2) is 23.7 Å². The van der Waals surface area contributed by atoms with Crippen molar-refractivity contribution in [3.63, 3.8) is 0 Å². The fourth-order valence-corrected chi connectivity index (χ4v) is 1.57. The molecule has 1 heterocycles. The topological polar surface area (TPSA) is 70.6 Å². The molecule has 1 aliphatic rings. The van der Waals surface area contributed by atoms with Gasteiger partial charge < -0.3 is 10.6 Å². The van der Waals surface area contributed by atoms with Crippen molar-refractivity contribution in [2.75, 3.05) is 0 Å². The summed E-state index contributed by atoms with van der Waals surface area (Å²) in [5, 5.41) is 5.32. The van der Waals surface area contributed by atoms with Gasteiger partial charge in [-0.25, -0.2) is 0 Å². The zero-order chi connectivity index (χ0) is 13.7. The van der Waals surface area contributed by atoms with E-state index in [-0.39, 0.29) is 11.8 Å². The van der Waals surface area contributed by atoms with Gasteiger partial charge in [-0.3, -0.25) is 14.6 Å². The molecule has 0 aromatic carbocycles. The first-order chi connectivity index (χ1) is 8.49. The van der Waals surface area contributed by atoms with Gasteiger partial charge in [0, 0.05) is 24.3 Å². The minimum absolute atomic E-state index is 0.200. The number of hydrogen-bond acceptors (Lipinski definition) is 3. The lowest BCUT2D eigenvalue weighted by atomic mass is 10.1. The minimum Gasteiger partial charge on any atom is -0.327 e. The number of hydrogen-bond donors (Lipinski definition) is 2. The zero-order valence-electron chi connectivity index (χ0n) is 11.0. The molecule has 2 N–H and O–H groups in total. The van der Waals surface area contributed by atoms with Crippen molar-refractivity contribution in [2.24, 2.45) is 4.99 Å². The van der Waals surface area contributed by atoms with Gasteiger partial charge in [0.25, 0.3) is 5.91 Å². The van der Waals surface area contributed by atoms with Crippen LogP contribution in [0.2, 0.25) is 0 Å². The van der Waals surface area contributed by atoms with E-state index in [1.807, 2.05) is 13.8 Å². The van der Waals surface area contributed by atoms with E-state index in [4.69, 9.17) is 0 Å². The third-order valence-electron chi connectivity index (χ3n) is 2.80. The van der Waals surface area contributed by atoms with Crippen LogP contribution in [0.4, 0.5) is 0 Å². The highest BCUT2D eigenvalue weighted by Gasteiger charge is 2.24. The summed E-state index contributed by atoms with van der Waals surface area (Å²) in [5.74, 6) is -0.512. The Labute approximate surface area is 107 Å². The zero-order valence-corrected chi connectivity index (χ0v) is 11.0. The van der Waals surface area contributed by atoms with Gasteiger partial charge in [0.2, 0.25) is 12.1 Å². The Hall–Kier alpha value is -1.91. The van der Waals surface area contributed by atoms with Crippen LogP contribution >= 0.6 is 0 Å². The molecule has 0 bridgehead atoms. The first kappa shape index (κ1) is 14.2. The Morgan fingerprint density at radius 2 is 2.22 bits per heavy atom. The van der Waals surface area contributed by atoms with E-state index in [0.29, 0.717) is 12.8 Å². The lowest BCUT2D eigenvalue weighted by molar-refractivity contribution is -0.128. The molecule has 1 aliphatic heterocycles. The number of allylic oxidation sites excluding steroid dienone is 3. The van der Waals surface area contributed by atoms with Crippen LogP contribution in [-0.2, 0) is 9.59 Å². The standard InChI is InChI=1S/C13H19N3O2/c1-5-7-10-8(3)9(4)14-13(18)12(15-10)16-11(17)6-2/h5,12H,1,6-7H2,2-4H3,(H,14,18)(H,16,17). The summed E-state index contributed by atoms with van der Waals surface area (Å²) in [6.07, 6.45) is 1.75. The molecule has 0 aliphatic carbocycles. The lowest BCUT2D eigenvalue weighted by Gasteiger charge is -2.12. The summed E-state index contributed by atoms with van der Waals surface area (Å²) in [4.78, 5) is 27.6. The second-order valence-electron chi connectivity index (χ2n) is 4.13. The van der Waals surface area contributed by atoms with Gasteiger partial charge in [0.1, 0.15) is 0 Å². The van der Waals surface area contributed by atoms with Crippen LogP contribution in [0.5, 0.6) is 0 Å². The molecule has 2 amide bonds. The molecule has 0 aromatic rings. The van der Waals surface area contributed by atoms with E-state index in [1.54, 1.807) is 13.0 Å². The smallest absolute Gasteiger partial charge is 0.269 e. The van der Waals surface area contributed by atoms with Crippen molar-refractivity contribution in [3.05, 3.63) is 23.9 Å². The molecule has 0 fully saturated rings. The van der Waals surface area contributed by atoms with E-state index >= 15 is 0 Å². The van der Waals surface area contributed by atoms with Crippen molar-refractivity contribution in [1.82, 2.24) is 10.6 Å². The average molecular weight is 249 g/mol. The summed E-state index contributed by atoms with van der Waals surface area (Å²) in [6.45, 7) is 9.11. The molecule has 0 aromatic heterocycles. The first-order valence-electron chi connectivity index (χ1n) is 5.95. The van der Waals surface area contributed by atoms with Gasteiger partial charge in [-0.05, 0) is 19.4 Å². The summed E-state index contributed by atoms with van der Waals surface area (Å²) in [7, 11) is 0. The number of carbonyl (C=O) groups is 2. The van der Waals surface area contributed by atoms with Crippen molar-refractivity contribution in [1.29, 1.82) is 0 Å². The maximum Gasteiger partial charge on any atom is 0.269 e. The average Bonchev–Trinajstić information content (AvgIpc) is 2.43. The van der Waals surface area contributed by atoms with E-state index < -0.39 is 6.17 Å². The molecule has 5 heteroatoms. The largest absolute Gasteiger partial charge is 0.327 e. The second kappa shape index (κ2) is 6.14. The molecule has 0 saturated carbocycles. The highest BCUT2D eigenvalue weighted by Crippen LogP contribution is 2.12. The van der Waals surface area contributed by atoms with Gasteiger partial charge in [-0.15, -0.1) is 6.58 Å². The Kier molecular flexibility index (Phi) is 4.83. The fraction of sp³-hybridized carbons (Fsp3) is 0.462. The first-order valence-corrected chi connectivity index (χ1v) is 5.95. The molecule has 98 valence electrons. The normalized spacial score (nSPS) is 19.8. The van der Waals surface area contributed by atoms with Crippen LogP contribution in [0.3, 0.4) is 0 Å². The van der Waals surface area contributed by atoms with Crippen LogP contribution in [0.25, 0.3) is 0 Å². The van der Waals surface area contributed by atoms with Gasteiger partial charge in [-0.1, -0.05) is 13.0 Å². The maximum absolute atomic E-state index is 11.9. The highest BCUT2D eigenvalue weighted by molar-refractivity contribution is 6.05. The quantitative estimate of drug-likeness (QED) is 0.737. The molecule has 0 saturated heterocycles. The minimum atomic E-state index is -0.861. The van der Waals surface area contributed by atoms with Crippen molar-refractivity contribution in [2.45, 2.75) is 39.8 Å². The maximum atomic E-state index is 11.9. The van der Waals surface area contributed by atoms with Crippen LogP contribution in [0, 0.1) is 0 Å². The Bertz CT molecular complexity index is 436. The number of nitrogens with one attached hydrogen (secondary N) is 2. The number of aliphatic imine (C=N–C) groups is 1. The lowest BCUT2D eigenvalue weighted by Crippen LogP contribution is -2.44. The van der Waals surface area contributed by atoms with Gasteiger partial charge in [0.15, 0.2) is 0 Å². The SMILES string of the molecule is C=CCC1=NC(NC(=O)CC)C(=O)NC(C)=C1C. The Balaban J connectivity index is 3.03. The van der Waals surface area contributed by atoms with Gasteiger partial charge in [0.05, 0.1) is 0 Å². The van der Waals surface area contributed by atoms with E-state index in [0.717, 1.165) is 17.0 Å².